The zero-order valence-electron chi connectivity index (χ0n) is 13.1. The number of rotatable bonds is 6. The van der Waals surface area contributed by atoms with Gasteiger partial charge in [0.05, 0.1) is 12.5 Å². The van der Waals surface area contributed by atoms with Gasteiger partial charge in [-0.05, 0) is 23.8 Å². The second kappa shape index (κ2) is 7.55. The molecular weight excluding hydrogens is 328 g/mol. The second-order valence-corrected chi connectivity index (χ2v) is 6.44. The summed E-state index contributed by atoms with van der Waals surface area (Å²) >= 11 is 1.58. The van der Waals surface area contributed by atoms with Gasteiger partial charge in [0.1, 0.15) is 18.4 Å². The molecule has 0 bridgehead atoms. The van der Waals surface area contributed by atoms with E-state index in [9.17, 15) is 4.79 Å². The van der Waals surface area contributed by atoms with E-state index in [-0.39, 0.29) is 5.37 Å². The number of ether oxygens (including phenoxy) is 2. The highest BCUT2D eigenvalue weighted by Crippen LogP contribution is 2.35. The summed E-state index contributed by atoms with van der Waals surface area (Å²) in [6, 6.07) is 10.8. The van der Waals surface area contributed by atoms with Gasteiger partial charge in [0.2, 0.25) is 5.88 Å². The fraction of sp³-hybridized carbons (Fsp3) is 0.294. The Morgan fingerprint density at radius 1 is 1.42 bits per heavy atom. The Balaban J connectivity index is 1.74. The zero-order valence-corrected chi connectivity index (χ0v) is 14.0. The van der Waals surface area contributed by atoms with E-state index in [1.165, 1.54) is 0 Å². The summed E-state index contributed by atoms with van der Waals surface area (Å²) < 4.78 is 11.1. The number of nitrogens with one attached hydrogen (secondary N) is 1. The molecule has 1 fully saturated rings. The van der Waals surface area contributed by atoms with Crippen LogP contribution in [0, 0.1) is 0 Å². The van der Waals surface area contributed by atoms with E-state index in [0.29, 0.717) is 18.2 Å². The maximum absolute atomic E-state index is 11.1. The molecule has 126 valence electrons. The predicted molar refractivity (Wildman–Crippen MR) is 91.3 cm³/mol. The number of methoxy groups -OCH3 is 1. The van der Waals surface area contributed by atoms with Gasteiger partial charge in [0.15, 0.2) is 0 Å². The summed E-state index contributed by atoms with van der Waals surface area (Å²) in [7, 11) is 1.61. The number of pyridine rings is 1. The van der Waals surface area contributed by atoms with Crippen LogP contribution in [0.5, 0.6) is 11.6 Å². The van der Waals surface area contributed by atoms with Crippen molar-refractivity contribution in [3.05, 3.63) is 53.7 Å². The Morgan fingerprint density at radius 2 is 2.29 bits per heavy atom. The van der Waals surface area contributed by atoms with Crippen molar-refractivity contribution in [2.24, 2.45) is 0 Å². The number of aromatic nitrogens is 1. The fourth-order valence-electron chi connectivity index (χ4n) is 2.46. The largest absolute Gasteiger partial charge is 0.496 e. The number of hydrogen-bond acceptors (Lipinski definition) is 6. The van der Waals surface area contributed by atoms with Crippen LogP contribution < -0.4 is 14.8 Å². The van der Waals surface area contributed by atoms with Crippen molar-refractivity contribution in [3.63, 3.8) is 0 Å². The van der Waals surface area contributed by atoms with Gasteiger partial charge < -0.3 is 14.6 Å². The minimum absolute atomic E-state index is 0.0504. The summed E-state index contributed by atoms with van der Waals surface area (Å²) in [5.41, 5.74) is 1.89. The molecule has 0 amide bonds. The minimum Gasteiger partial charge on any atom is -0.496 e. The van der Waals surface area contributed by atoms with Gasteiger partial charge in [-0.1, -0.05) is 12.1 Å². The third-order valence-electron chi connectivity index (χ3n) is 3.70. The first-order valence-corrected chi connectivity index (χ1v) is 8.53. The molecule has 1 aromatic heterocycles. The topological polar surface area (TPSA) is 80.7 Å². The molecule has 1 aliphatic heterocycles. The van der Waals surface area contributed by atoms with Gasteiger partial charge in [-0.15, -0.1) is 11.8 Å². The van der Waals surface area contributed by atoms with Gasteiger partial charge >= 0.3 is 5.97 Å². The summed E-state index contributed by atoms with van der Waals surface area (Å²) in [5, 5.41) is 12.2. The van der Waals surface area contributed by atoms with Crippen molar-refractivity contribution in [1.29, 1.82) is 0 Å². The molecule has 0 saturated carbocycles. The molecule has 0 unspecified atom stereocenters. The van der Waals surface area contributed by atoms with Crippen molar-refractivity contribution in [3.8, 4) is 11.6 Å². The van der Waals surface area contributed by atoms with Crippen molar-refractivity contribution in [2.75, 3.05) is 12.9 Å². The summed E-state index contributed by atoms with van der Waals surface area (Å²) in [4.78, 5) is 15.2. The normalized spacial score (nSPS) is 19.9. The molecule has 0 aliphatic carbocycles. The number of aliphatic carboxylic acids is 1. The van der Waals surface area contributed by atoms with Crippen LogP contribution in [0.3, 0.4) is 0 Å². The highest BCUT2D eigenvalue weighted by Gasteiger charge is 2.30. The first-order valence-electron chi connectivity index (χ1n) is 7.48. The van der Waals surface area contributed by atoms with Gasteiger partial charge in [-0.3, -0.25) is 10.1 Å². The van der Waals surface area contributed by atoms with E-state index in [0.717, 1.165) is 16.9 Å². The molecule has 7 heteroatoms. The van der Waals surface area contributed by atoms with Crippen molar-refractivity contribution in [2.45, 2.75) is 18.0 Å². The molecule has 1 aromatic carbocycles. The Kier molecular flexibility index (Phi) is 5.22. The minimum atomic E-state index is -0.822. The molecule has 6 nitrogen and oxygen atoms in total. The lowest BCUT2D eigenvalue weighted by Gasteiger charge is -2.15. The number of carboxylic acid groups (broad SMARTS) is 1. The van der Waals surface area contributed by atoms with Crippen molar-refractivity contribution >= 4 is 17.7 Å². The van der Waals surface area contributed by atoms with Crippen LogP contribution >= 0.6 is 11.8 Å². The standard InChI is InChI=1S/C17H18N2O4S/c1-22-14-6-5-11(16-19-13(10-24-16)17(20)21)8-12(14)9-23-15-4-2-3-7-18-15/h2-8,13,16,19H,9-10H2,1H3,(H,20,21)/t13-,16-/m0/s1. The highest BCUT2D eigenvalue weighted by molar-refractivity contribution is 7.99. The molecule has 2 atom stereocenters. The van der Waals surface area contributed by atoms with E-state index in [2.05, 4.69) is 10.3 Å². The van der Waals surface area contributed by atoms with Crippen LogP contribution in [-0.4, -0.2) is 35.0 Å². The smallest absolute Gasteiger partial charge is 0.321 e. The van der Waals surface area contributed by atoms with Gasteiger partial charge in [-0.25, -0.2) is 4.98 Å². The monoisotopic (exact) mass is 346 g/mol. The number of benzene rings is 1. The highest BCUT2D eigenvalue weighted by atomic mass is 32.2. The molecule has 2 heterocycles. The third-order valence-corrected chi connectivity index (χ3v) is 4.97. The summed E-state index contributed by atoms with van der Waals surface area (Å²) in [5.74, 6) is 1.00. The van der Waals surface area contributed by atoms with Gasteiger partial charge in [-0.2, -0.15) is 0 Å². The van der Waals surface area contributed by atoms with Crippen LogP contribution in [0.2, 0.25) is 0 Å². The molecule has 0 spiro atoms. The number of thioether (sulfide) groups is 1. The Bertz CT molecular complexity index is 711. The lowest BCUT2D eigenvalue weighted by molar-refractivity contribution is -0.138. The predicted octanol–water partition coefficient (Wildman–Crippen LogP) is 2.46. The molecule has 24 heavy (non-hydrogen) atoms. The molecule has 2 aromatic rings. The quantitative estimate of drug-likeness (QED) is 0.831. The van der Waals surface area contributed by atoms with E-state index in [1.54, 1.807) is 31.1 Å². The maximum Gasteiger partial charge on any atom is 0.321 e. The van der Waals surface area contributed by atoms with Crippen LogP contribution in [-0.2, 0) is 11.4 Å². The first-order chi connectivity index (χ1) is 11.7. The van der Waals surface area contributed by atoms with Crippen LogP contribution in [0.25, 0.3) is 0 Å². The van der Waals surface area contributed by atoms with Crippen molar-refractivity contribution in [1.82, 2.24) is 10.3 Å². The number of carbonyl (C=O) groups is 1. The van der Waals surface area contributed by atoms with E-state index in [4.69, 9.17) is 14.6 Å². The molecule has 1 aliphatic rings. The molecule has 2 N–H and O–H groups in total. The van der Waals surface area contributed by atoms with E-state index >= 15 is 0 Å². The first kappa shape index (κ1) is 16.6. The van der Waals surface area contributed by atoms with Crippen molar-refractivity contribution < 1.29 is 19.4 Å². The summed E-state index contributed by atoms with van der Waals surface area (Å²) in [6.07, 6.45) is 1.67. The van der Waals surface area contributed by atoms with Crippen LogP contribution in [0.15, 0.2) is 42.6 Å². The third kappa shape index (κ3) is 3.80. The molecule has 0 radical (unpaired) electrons. The SMILES string of the molecule is COc1ccc([C@H]2N[C@H](C(=O)O)CS2)cc1COc1ccccn1. The Labute approximate surface area is 144 Å². The maximum atomic E-state index is 11.1. The average molecular weight is 346 g/mol. The number of hydrogen-bond donors (Lipinski definition) is 2. The molecule has 3 rings (SSSR count). The van der Waals surface area contributed by atoms with E-state index < -0.39 is 12.0 Å². The number of nitrogens with zero attached hydrogens (tertiary/aromatic N) is 1. The molecular formula is C17H18N2O4S. The Morgan fingerprint density at radius 3 is 2.96 bits per heavy atom. The van der Waals surface area contributed by atoms with Gasteiger partial charge in [0.25, 0.3) is 0 Å². The second-order valence-electron chi connectivity index (χ2n) is 5.30. The lowest BCUT2D eigenvalue weighted by atomic mass is 10.1. The van der Waals surface area contributed by atoms with Crippen LogP contribution in [0.4, 0.5) is 0 Å². The van der Waals surface area contributed by atoms with Crippen LogP contribution in [0.1, 0.15) is 16.5 Å². The van der Waals surface area contributed by atoms with Gasteiger partial charge in [0, 0.05) is 23.6 Å². The lowest BCUT2D eigenvalue weighted by Crippen LogP contribution is -2.33. The number of carboxylic acids is 1. The molecule has 1 saturated heterocycles. The summed E-state index contributed by atoms with van der Waals surface area (Å²) in [6.45, 7) is 0.327. The van der Waals surface area contributed by atoms with E-state index in [1.807, 2.05) is 30.3 Å². The average Bonchev–Trinajstić information content (AvgIpc) is 3.11. The Hall–Kier alpha value is -2.25. The zero-order chi connectivity index (χ0) is 16.9. The fourth-order valence-corrected chi connectivity index (χ4v) is 3.69.